The van der Waals surface area contributed by atoms with Gasteiger partial charge in [-0.3, -0.25) is 24.3 Å². The van der Waals surface area contributed by atoms with E-state index in [2.05, 4.69) is 10.4 Å². The molecule has 1 aromatic heterocycles. The molecule has 2 heterocycles. The number of benzene rings is 1. The van der Waals surface area contributed by atoms with Crippen LogP contribution in [0.3, 0.4) is 0 Å². The van der Waals surface area contributed by atoms with Crippen LogP contribution in [0.4, 0.5) is 0 Å². The first-order chi connectivity index (χ1) is 13.0. The van der Waals surface area contributed by atoms with Crippen LogP contribution < -0.4 is 16.4 Å². The SMILES string of the molecule is O=C(NC1CC1)C1CCN(C(=O)Cn2[nH]c(=O)c3ccccc3c2=O)CC1. The van der Waals surface area contributed by atoms with Crippen molar-refractivity contribution in [3.8, 4) is 0 Å². The molecule has 27 heavy (non-hydrogen) atoms. The van der Waals surface area contributed by atoms with Crippen molar-refractivity contribution in [1.29, 1.82) is 0 Å². The topological polar surface area (TPSA) is 104 Å². The number of nitrogens with one attached hydrogen (secondary N) is 2. The van der Waals surface area contributed by atoms with E-state index in [-0.39, 0.29) is 24.3 Å². The minimum atomic E-state index is -0.395. The molecule has 2 N–H and O–H groups in total. The molecule has 0 unspecified atom stereocenters. The average molecular weight is 370 g/mol. The number of aromatic nitrogens is 2. The van der Waals surface area contributed by atoms with Gasteiger partial charge in [0.15, 0.2) is 0 Å². The van der Waals surface area contributed by atoms with E-state index >= 15 is 0 Å². The predicted molar refractivity (Wildman–Crippen MR) is 99.3 cm³/mol. The Hall–Kier alpha value is -2.90. The second-order valence-corrected chi connectivity index (χ2v) is 7.32. The number of aromatic amines is 1. The third kappa shape index (κ3) is 3.65. The third-order valence-electron chi connectivity index (χ3n) is 5.32. The quantitative estimate of drug-likeness (QED) is 0.803. The van der Waals surface area contributed by atoms with Crippen LogP contribution in [0.15, 0.2) is 33.9 Å². The van der Waals surface area contributed by atoms with Gasteiger partial charge in [-0.2, -0.15) is 0 Å². The average Bonchev–Trinajstić information content (AvgIpc) is 3.50. The van der Waals surface area contributed by atoms with Gasteiger partial charge in [-0.1, -0.05) is 12.1 Å². The molecule has 1 aliphatic carbocycles. The van der Waals surface area contributed by atoms with Crippen molar-refractivity contribution < 1.29 is 9.59 Å². The summed E-state index contributed by atoms with van der Waals surface area (Å²) < 4.78 is 1.07. The Bertz CT molecular complexity index is 997. The maximum atomic E-state index is 12.6. The summed E-state index contributed by atoms with van der Waals surface area (Å²) in [6.07, 6.45) is 3.35. The van der Waals surface area contributed by atoms with Crippen molar-refractivity contribution in [1.82, 2.24) is 20.0 Å². The van der Waals surface area contributed by atoms with E-state index in [1.165, 1.54) is 0 Å². The molecule has 1 saturated carbocycles. The Morgan fingerprint density at radius 2 is 1.70 bits per heavy atom. The number of H-pyrrole nitrogens is 1. The number of hydrogen-bond donors (Lipinski definition) is 2. The minimum absolute atomic E-state index is 0.0575. The van der Waals surface area contributed by atoms with E-state index in [0.29, 0.717) is 42.7 Å². The van der Waals surface area contributed by atoms with Crippen LogP contribution in [-0.4, -0.2) is 45.6 Å². The Kier molecular flexibility index (Phi) is 4.55. The summed E-state index contributed by atoms with van der Waals surface area (Å²) >= 11 is 0. The lowest BCUT2D eigenvalue weighted by Gasteiger charge is -2.31. The molecule has 1 aromatic carbocycles. The maximum Gasteiger partial charge on any atom is 0.273 e. The maximum absolute atomic E-state index is 12.6. The Morgan fingerprint density at radius 1 is 1.04 bits per heavy atom. The summed E-state index contributed by atoms with van der Waals surface area (Å²) in [6, 6.07) is 6.88. The van der Waals surface area contributed by atoms with Gasteiger partial charge in [0.25, 0.3) is 11.1 Å². The highest BCUT2D eigenvalue weighted by Gasteiger charge is 2.31. The van der Waals surface area contributed by atoms with Crippen molar-refractivity contribution in [3.05, 3.63) is 45.0 Å². The van der Waals surface area contributed by atoms with Gasteiger partial charge >= 0.3 is 0 Å². The summed E-state index contributed by atoms with van der Waals surface area (Å²) in [5.41, 5.74) is -0.786. The second kappa shape index (κ2) is 7.02. The number of hydrogen-bond acceptors (Lipinski definition) is 4. The number of piperidine rings is 1. The summed E-state index contributed by atoms with van der Waals surface area (Å²) in [7, 11) is 0. The van der Waals surface area contributed by atoms with Crippen LogP contribution in [-0.2, 0) is 16.1 Å². The first-order valence-corrected chi connectivity index (χ1v) is 9.33. The van der Waals surface area contributed by atoms with E-state index in [0.717, 1.165) is 17.5 Å². The Labute approximate surface area is 155 Å². The van der Waals surface area contributed by atoms with Gasteiger partial charge in [0.05, 0.1) is 10.8 Å². The molecule has 0 radical (unpaired) electrons. The van der Waals surface area contributed by atoms with Gasteiger partial charge in [-0.25, -0.2) is 4.68 Å². The number of fused-ring (bicyclic) bond motifs is 1. The van der Waals surface area contributed by atoms with Crippen LogP contribution in [0.25, 0.3) is 10.8 Å². The summed E-state index contributed by atoms with van der Waals surface area (Å²) in [5, 5.41) is 6.10. The molecule has 4 rings (SSSR count). The highest BCUT2D eigenvalue weighted by atomic mass is 16.2. The molecule has 0 bridgehead atoms. The van der Waals surface area contributed by atoms with Crippen molar-refractivity contribution in [2.75, 3.05) is 13.1 Å². The molecular weight excluding hydrogens is 348 g/mol. The summed E-state index contributed by atoms with van der Waals surface area (Å²) in [6.45, 7) is 0.750. The fourth-order valence-electron chi connectivity index (χ4n) is 3.53. The Balaban J connectivity index is 1.42. The van der Waals surface area contributed by atoms with Gasteiger partial charge in [0.1, 0.15) is 6.54 Å². The molecule has 0 atom stereocenters. The highest BCUT2D eigenvalue weighted by molar-refractivity contribution is 5.82. The summed E-state index contributed by atoms with van der Waals surface area (Å²) in [4.78, 5) is 51.0. The van der Waals surface area contributed by atoms with Crippen molar-refractivity contribution >= 4 is 22.6 Å². The highest BCUT2D eigenvalue weighted by Crippen LogP contribution is 2.22. The van der Waals surface area contributed by atoms with Crippen molar-refractivity contribution in [2.24, 2.45) is 5.92 Å². The first-order valence-electron chi connectivity index (χ1n) is 9.33. The smallest absolute Gasteiger partial charge is 0.273 e. The number of amides is 2. The standard InChI is InChI=1S/C19H22N4O4/c24-16(22-9-7-12(8-10-22)17(25)20-13-5-6-13)11-23-19(27)15-4-2-1-3-14(15)18(26)21-23/h1-4,12-13H,5-11H2,(H,20,25)(H,21,26). The zero-order chi connectivity index (χ0) is 19.0. The molecule has 2 aliphatic rings. The van der Waals surface area contributed by atoms with Gasteiger partial charge in [-0.15, -0.1) is 0 Å². The zero-order valence-corrected chi connectivity index (χ0v) is 14.9. The molecule has 2 fully saturated rings. The predicted octanol–water partition coefficient (Wildman–Crippen LogP) is 0.207. The number of likely N-dealkylation sites (tertiary alicyclic amines) is 1. The molecular formula is C19H22N4O4. The lowest BCUT2D eigenvalue weighted by Crippen LogP contribution is -2.45. The minimum Gasteiger partial charge on any atom is -0.353 e. The fraction of sp³-hybridized carbons (Fsp3) is 0.474. The van der Waals surface area contributed by atoms with Gasteiger partial charge in [0, 0.05) is 25.0 Å². The lowest BCUT2D eigenvalue weighted by atomic mass is 9.96. The molecule has 0 spiro atoms. The van der Waals surface area contributed by atoms with E-state index in [4.69, 9.17) is 0 Å². The van der Waals surface area contributed by atoms with Gasteiger partial charge < -0.3 is 10.2 Å². The summed E-state index contributed by atoms with van der Waals surface area (Å²) in [5.74, 6) is -0.207. The Morgan fingerprint density at radius 3 is 2.37 bits per heavy atom. The second-order valence-electron chi connectivity index (χ2n) is 7.32. The van der Waals surface area contributed by atoms with Crippen molar-refractivity contribution in [3.63, 3.8) is 0 Å². The van der Waals surface area contributed by atoms with Crippen LogP contribution >= 0.6 is 0 Å². The number of carbonyl (C=O) groups excluding carboxylic acids is 2. The van der Waals surface area contributed by atoms with Crippen LogP contribution in [0, 0.1) is 5.92 Å². The van der Waals surface area contributed by atoms with Crippen LogP contribution in [0.5, 0.6) is 0 Å². The number of rotatable bonds is 4. The fourth-order valence-corrected chi connectivity index (χ4v) is 3.53. The third-order valence-corrected chi connectivity index (χ3v) is 5.32. The molecule has 2 amide bonds. The van der Waals surface area contributed by atoms with E-state index in [1.54, 1.807) is 29.2 Å². The van der Waals surface area contributed by atoms with Crippen molar-refractivity contribution in [2.45, 2.75) is 38.3 Å². The van der Waals surface area contributed by atoms with E-state index in [9.17, 15) is 19.2 Å². The van der Waals surface area contributed by atoms with E-state index in [1.807, 2.05) is 0 Å². The monoisotopic (exact) mass is 370 g/mol. The normalized spacial score (nSPS) is 17.9. The van der Waals surface area contributed by atoms with Crippen LogP contribution in [0.1, 0.15) is 25.7 Å². The molecule has 2 aromatic rings. The molecule has 8 nitrogen and oxygen atoms in total. The number of nitrogens with zero attached hydrogens (tertiary/aromatic N) is 2. The van der Waals surface area contributed by atoms with Crippen LogP contribution in [0.2, 0.25) is 0 Å². The van der Waals surface area contributed by atoms with E-state index < -0.39 is 11.1 Å². The first kappa shape index (κ1) is 17.5. The molecule has 142 valence electrons. The molecule has 1 saturated heterocycles. The van der Waals surface area contributed by atoms with Gasteiger partial charge in [0.2, 0.25) is 11.8 Å². The number of carbonyl (C=O) groups is 2. The molecule has 8 heteroatoms. The zero-order valence-electron chi connectivity index (χ0n) is 14.9. The van der Waals surface area contributed by atoms with Gasteiger partial charge in [-0.05, 0) is 37.8 Å². The molecule has 1 aliphatic heterocycles. The largest absolute Gasteiger partial charge is 0.353 e. The lowest BCUT2D eigenvalue weighted by molar-refractivity contribution is -0.136.